The van der Waals surface area contributed by atoms with Crippen molar-refractivity contribution in [2.45, 2.75) is 12.7 Å². The van der Waals surface area contributed by atoms with E-state index in [2.05, 4.69) is 10.3 Å². The molecule has 0 saturated heterocycles. The van der Waals surface area contributed by atoms with Crippen molar-refractivity contribution in [3.8, 4) is 5.69 Å². The molecule has 0 radical (unpaired) electrons. The molecular weight excluding hydrogens is 273 g/mol. The molecule has 3 rings (SSSR count). The molecule has 5 nitrogen and oxygen atoms in total. The lowest BCUT2D eigenvalue weighted by Crippen LogP contribution is -2.13. The van der Waals surface area contributed by atoms with Crippen LogP contribution >= 0.6 is 0 Å². The first kappa shape index (κ1) is 12.7. The maximum Gasteiger partial charge on any atom is 0.435 e. The average Bonchev–Trinajstić information content (AvgIpc) is 3.04. The molecule has 2 N–H and O–H groups in total. The van der Waals surface area contributed by atoms with Crippen molar-refractivity contribution in [1.82, 2.24) is 15.0 Å². The molecule has 104 valence electrons. The highest BCUT2D eigenvalue weighted by Crippen LogP contribution is 2.31. The number of nitrogens with two attached hydrogens (primary N) is 1. The van der Waals surface area contributed by atoms with Crippen LogP contribution in [-0.4, -0.2) is 15.0 Å². The number of halogens is 3. The van der Waals surface area contributed by atoms with Crippen LogP contribution in [0.25, 0.3) is 16.7 Å². The smallest absolute Gasteiger partial charge is 0.435 e. The van der Waals surface area contributed by atoms with Crippen LogP contribution in [-0.2, 0) is 12.7 Å². The molecule has 0 atom stereocenters. The number of alkyl halides is 3. The second-order valence-electron chi connectivity index (χ2n) is 4.18. The van der Waals surface area contributed by atoms with Gasteiger partial charge in [0.25, 0.3) is 0 Å². The van der Waals surface area contributed by atoms with Crippen LogP contribution in [0.5, 0.6) is 0 Å². The van der Waals surface area contributed by atoms with Crippen molar-refractivity contribution in [1.29, 1.82) is 0 Å². The summed E-state index contributed by atoms with van der Waals surface area (Å²) in [6.45, 7) is 0.147. The van der Waals surface area contributed by atoms with Crippen LogP contribution in [0.4, 0.5) is 13.2 Å². The van der Waals surface area contributed by atoms with Crippen molar-refractivity contribution in [3.63, 3.8) is 0 Å². The molecule has 8 heteroatoms. The Morgan fingerprint density at radius 3 is 2.80 bits per heavy atom. The number of fused-ring (bicyclic) bond motifs is 1. The lowest BCUT2D eigenvalue weighted by molar-refractivity contribution is -0.142. The summed E-state index contributed by atoms with van der Waals surface area (Å²) in [7, 11) is 0. The lowest BCUT2D eigenvalue weighted by atomic mass is 10.1. The molecule has 1 aromatic carbocycles. The minimum atomic E-state index is -4.53. The Morgan fingerprint density at radius 1 is 1.30 bits per heavy atom. The quantitative estimate of drug-likeness (QED) is 0.784. The monoisotopic (exact) mass is 282 g/mol. The SMILES string of the molecule is NCc1cc(-n2nncc2C(F)(F)F)cc2ccoc12. The highest BCUT2D eigenvalue weighted by Gasteiger charge is 2.36. The molecule has 3 aromatic rings. The number of aromatic nitrogens is 3. The minimum Gasteiger partial charge on any atom is -0.464 e. The Kier molecular flexibility index (Phi) is 2.75. The fourth-order valence-electron chi connectivity index (χ4n) is 2.03. The van der Waals surface area contributed by atoms with Gasteiger partial charge in [-0.1, -0.05) is 5.21 Å². The van der Waals surface area contributed by atoms with E-state index in [4.69, 9.17) is 10.2 Å². The van der Waals surface area contributed by atoms with Crippen LogP contribution in [0.3, 0.4) is 0 Å². The highest BCUT2D eigenvalue weighted by molar-refractivity contribution is 5.82. The van der Waals surface area contributed by atoms with Crippen molar-refractivity contribution in [2.24, 2.45) is 5.73 Å². The molecule has 0 fully saturated rings. The van der Waals surface area contributed by atoms with Gasteiger partial charge in [0, 0.05) is 17.5 Å². The maximum absolute atomic E-state index is 12.9. The van der Waals surface area contributed by atoms with E-state index < -0.39 is 11.9 Å². The van der Waals surface area contributed by atoms with Gasteiger partial charge >= 0.3 is 6.18 Å². The summed E-state index contributed by atoms with van der Waals surface area (Å²) < 4.78 is 44.6. The molecule has 0 bridgehead atoms. The van der Waals surface area contributed by atoms with Crippen molar-refractivity contribution < 1.29 is 17.6 Å². The summed E-state index contributed by atoms with van der Waals surface area (Å²) in [5.74, 6) is 0. The first-order chi connectivity index (χ1) is 9.50. The summed E-state index contributed by atoms with van der Waals surface area (Å²) in [6, 6.07) is 4.71. The average molecular weight is 282 g/mol. The number of furan rings is 1. The van der Waals surface area contributed by atoms with Gasteiger partial charge in [-0.15, -0.1) is 5.10 Å². The summed E-state index contributed by atoms with van der Waals surface area (Å²) in [5, 5.41) is 7.48. The highest BCUT2D eigenvalue weighted by atomic mass is 19.4. The Hall–Kier alpha value is -2.35. The largest absolute Gasteiger partial charge is 0.464 e. The summed E-state index contributed by atoms with van der Waals surface area (Å²) in [5.41, 5.74) is 6.06. The predicted octanol–water partition coefficient (Wildman–Crippen LogP) is 2.49. The van der Waals surface area contributed by atoms with Gasteiger partial charge in [0.2, 0.25) is 0 Å². The predicted molar refractivity (Wildman–Crippen MR) is 64.0 cm³/mol. The van der Waals surface area contributed by atoms with Gasteiger partial charge in [0.05, 0.1) is 18.1 Å². The third-order valence-electron chi connectivity index (χ3n) is 2.92. The third kappa shape index (κ3) is 1.94. The first-order valence-electron chi connectivity index (χ1n) is 5.69. The molecule has 20 heavy (non-hydrogen) atoms. The summed E-state index contributed by atoms with van der Waals surface area (Å²) in [4.78, 5) is 0. The van der Waals surface area contributed by atoms with E-state index in [-0.39, 0.29) is 12.2 Å². The van der Waals surface area contributed by atoms with E-state index in [1.54, 1.807) is 12.1 Å². The Labute approximate surface area is 110 Å². The van der Waals surface area contributed by atoms with Crippen LogP contribution in [0.15, 0.2) is 35.1 Å². The second-order valence-corrected chi connectivity index (χ2v) is 4.18. The normalized spacial score (nSPS) is 12.2. The zero-order valence-corrected chi connectivity index (χ0v) is 10.1. The van der Waals surface area contributed by atoms with Crippen molar-refractivity contribution >= 4 is 11.0 Å². The van der Waals surface area contributed by atoms with Crippen molar-refractivity contribution in [2.75, 3.05) is 0 Å². The molecular formula is C12H9F3N4O. The van der Waals surface area contributed by atoms with Crippen LogP contribution in [0, 0.1) is 0 Å². The lowest BCUT2D eigenvalue weighted by Gasteiger charge is -2.10. The van der Waals surface area contributed by atoms with Crippen LogP contribution in [0.2, 0.25) is 0 Å². The Bertz CT molecular complexity index is 759. The number of hydrogen-bond acceptors (Lipinski definition) is 4. The molecule has 2 aromatic heterocycles. The number of nitrogens with zero attached hydrogens (tertiary/aromatic N) is 3. The molecule has 0 saturated carbocycles. The van der Waals surface area contributed by atoms with Gasteiger partial charge in [-0.25, -0.2) is 4.68 Å². The molecule has 0 aliphatic carbocycles. The van der Waals surface area contributed by atoms with E-state index >= 15 is 0 Å². The zero-order valence-electron chi connectivity index (χ0n) is 10.1. The second kappa shape index (κ2) is 4.34. The molecule has 0 aliphatic heterocycles. The molecule has 0 unspecified atom stereocenters. The van der Waals surface area contributed by atoms with E-state index in [0.29, 0.717) is 22.7 Å². The Balaban J connectivity index is 2.22. The molecule has 0 spiro atoms. The molecule has 0 aliphatic rings. The Morgan fingerprint density at radius 2 is 2.10 bits per heavy atom. The topological polar surface area (TPSA) is 69.9 Å². The van der Waals surface area contributed by atoms with Gasteiger partial charge in [0.1, 0.15) is 5.58 Å². The number of hydrogen-bond donors (Lipinski definition) is 1. The maximum atomic E-state index is 12.9. The van der Waals surface area contributed by atoms with Gasteiger partial charge in [-0.05, 0) is 18.2 Å². The molecule has 2 heterocycles. The minimum absolute atomic E-state index is 0.147. The fraction of sp³-hybridized carbons (Fsp3) is 0.167. The summed E-state index contributed by atoms with van der Waals surface area (Å²) in [6.07, 6.45) is -2.39. The number of rotatable bonds is 2. The van der Waals surface area contributed by atoms with Gasteiger partial charge in [0.15, 0.2) is 5.69 Å². The van der Waals surface area contributed by atoms with Crippen LogP contribution in [0.1, 0.15) is 11.3 Å². The van der Waals surface area contributed by atoms with Gasteiger partial charge in [-0.2, -0.15) is 13.2 Å². The van der Waals surface area contributed by atoms with E-state index in [9.17, 15) is 13.2 Å². The first-order valence-corrected chi connectivity index (χ1v) is 5.69. The fourth-order valence-corrected chi connectivity index (χ4v) is 2.03. The van der Waals surface area contributed by atoms with E-state index in [0.717, 1.165) is 4.68 Å². The van der Waals surface area contributed by atoms with E-state index in [1.165, 1.54) is 12.3 Å². The third-order valence-corrected chi connectivity index (χ3v) is 2.92. The van der Waals surface area contributed by atoms with E-state index in [1.807, 2.05) is 0 Å². The zero-order chi connectivity index (χ0) is 14.3. The van der Waals surface area contributed by atoms with Crippen molar-refractivity contribution in [3.05, 3.63) is 41.9 Å². The van der Waals surface area contributed by atoms with Gasteiger partial charge in [-0.3, -0.25) is 0 Å². The number of benzene rings is 1. The standard InChI is InChI=1S/C12H9F3N4O/c13-12(14,15)10-6-17-18-19(10)9-3-7-1-2-20-11(7)8(4-9)5-16/h1-4,6H,5,16H2. The van der Waals surface area contributed by atoms with Gasteiger partial charge < -0.3 is 10.2 Å². The summed E-state index contributed by atoms with van der Waals surface area (Å²) >= 11 is 0. The van der Waals surface area contributed by atoms with Crippen LogP contribution < -0.4 is 5.73 Å². The molecule has 0 amide bonds.